The number of ether oxygens (including phenoxy) is 2. The van der Waals surface area contributed by atoms with E-state index < -0.39 is 0 Å². The second-order valence-corrected chi connectivity index (χ2v) is 7.52. The van der Waals surface area contributed by atoms with Crippen LogP contribution in [0.2, 0.25) is 0 Å². The Kier molecular flexibility index (Phi) is 4.29. The molecule has 2 heterocycles. The molecule has 4 rings (SSSR count). The fourth-order valence-corrected chi connectivity index (χ4v) is 4.31. The van der Waals surface area contributed by atoms with Crippen molar-refractivity contribution in [3.05, 3.63) is 57.6 Å². The van der Waals surface area contributed by atoms with E-state index in [-0.39, 0.29) is 12.1 Å². The first-order valence-corrected chi connectivity index (χ1v) is 9.17. The second kappa shape index (κ2) is 6.46. The van der Waals surface area contributed by atoms with E-state index in [2.05, 4.69) is 39.0 Å². The molecule has 2 aromatic carbocycles. The molecule has 4 nitrogen and oxygen atoms in total. The number of hydrogen-bond acceptors (Lipinski definition) is 4. The van der Waals surface area contributed by atoms with Crippen LogP contribution in [-0.2, 0) is 11.3 Å². The fourth-order valence-electron chi connectivity index (χ4n) is 4.05. The molecule has 0 saturated carbocycles. The maximum Gasteiger partial charge on any atom is 0.161 e. The Balaban J connectivity index is 1.74. The molecule has 5 heteroatoms. The molecular formula is C20H20BrNO3. The van der Waals surface area contributed by atoms with Crippen LogP contribution in [0.3, 0.4) is 0 Å². The third-order valence-corrected chi connectivity index (χ3v) is 5.78. The van der Waals surface area contributed by atoms with E-state index in [0.29, 0.717) is 18.6 Å². The van der Waals surface area contributed by atoms with Crippen molar-refractivity contribution >= 4 is 21.7 Å². The number of Topliss-reactive ketones (excluding diaryl/α,β-unsaturated/α-hetero) is 1. The summed E-state index contributed by atoms with van der Waals surface area (Å²) in [5.74, 6) is 1.78. The maximum atomic E-state index is 12.5. The topological polar surface area (TPSA) is 38.8 Å². The van der Waals surface area contributed by atoms with Gasteiger partial charge >= 0.3 is 0 Å². The average molecular weight is 402 g/mol. The van der Waals surface area contributed by atoms with Crippen molar-refractivity contribution in [3.63, 3.8) is 0 Å². The number of fused-ring (bicyclic) bond motifs is 3. The van der Waals surface area contributed by atoms with Gasteiger partial charge in [-0.15, -0.1) is 0 Å². The summed E-state index contributed by atoms with van der Waals surface area (Å²) in [7, 11) is 3.30. The summed E-state index contributed by atoms with van der Waals surface area (Å²) in [4.78, 5) is 14.9. The van der Waals surface area contributed by atoms with Gasteiger partial charge in [0, 0.05) is 35.9 Å². The van der Waals surface area contributed by atoms with Crippen LogP contribution in [0.1, 0.15) is 41.6 Å². The van der Waals surface area contributed by atoms with Gasteiger partial charge in [-0.25, -0.2) is 0 Å². The fraction of sp³-hybridized carbons (Fsp3) is 0.350. The smallest absolute Gasteiger partial charge is 0.161 e. The van der Waals surface area contributed by atoms with E-state index in [1.54, 1.807) is 14.2 Å². The molecule has 1 saturated heterocycles. The van der Waals surface area contributed by atoms with Crippen molar-refractivity contribution in [2.24, 2.45) is 0 Å². The lowest BCUT2D eigenvalue weighted by molar-refractivity contribution is -0.125. The number of hydrogen-bond donors (Lipinski definition) is 0. The van der Waals surface area contributed by atoms with Crippen LogP contribution in [0.4, 0.5) is 0 Å². The summed E-state index contributed by atoms with van der Waals surface area (Å²) in [6.45, 7) is 0.828. The van der Waals surface area contributed by atoms with Gasteiger partial charge in [-0.05, 0) is 41.0 Å². The molecule has 25 heavy (non-hydrogen) atoms. The maximum absolute atomic E-state index is 12.5. The highest BCUT2D eigenvalue weighted by Gasteiger charge is 2.41. The van der Waals surface area contributed by atoms with Gasteiger partial charge < -0.3 is 9.47 Å². The summed E-state index contributed by atoms with van der Waals surface area (Å²) >= 11 is 3.48. The summed E-state index contributed by atoms with van der Waals surface area (Å²) in [5.41, 5.74) is 3.60. The monoisotopic (exact) mass is 401 g/mol. The first-order valence-electron chi connectivity index (χ1n) is 8.38. The van der Waals surface area contributed by atoms with Crippen LogP contribution in [0.5, 0.6) is 11.5 Å². The number of benzene rings is 2. The number of ketones is 1. The lowest BCUT2D eigenvalue weighted by atomic mass is 9.89. The second-order valence-electron chi connectivity index (χ2n) is 6.61. The molecule has 0 radical (unpaired) electrons. The molecule has 0 spiro atoms. The highest BCUT2D eigenvalue weighted by molar-refractivity contribution is 9.10. The van der Waals surface area contributed by atoms with Crippen LogP contribution >= 0.6 is 15.9 Å². The Morgan fingerprint density at radius 2 is 1.64 bits per heavy atom. The zero-order chi connectivity index (χ0) is 17.6. The zero-order valence-electron chi connectivity index (χ0n) is 14.3. The molecule has 0 unspecified atom stereocenters. The third-order valence-electron chi connectivity index (χ3n) is 5.25. The standard InChI is InChI=1S/C20H20BrNO3/c1-24-19-7-13-11-22-17(12-3-5-14(21)6-4-12)8-15(23)9-18(22)16(13)10-20(19)25-2/h3-7,10,17-18H,8-9,11H2,1-2H3/t17-,18-/m0/s1. The predicted molar refractivity (Wildman–Crippen MR) is 99.0 cm³/mol. The Morgan fingerprint density at radius 1 is 1.00 bits per heavy atom. The highest BCUT2D eigenvalue weighted by atomic mass is 79.9. The van der Waals surface area contributed by atoms with Crippen LogP contribution in [0.25, 0.3) is 0 Å². The van der Waals surface area contributed by atoms with Gasteiger partial charge in [-0.1, -0.05) is 28.1 Å². The summed E-state index contributed by atoms with van der Waals surface area (Å²) in [5, 5.41) is 0. The molecule has 0 N–H and O–H groups in total. The van der Waals surface area contributed by atoms with Gasteiger partial charge in [0.25, 0.3) is 0 Å². The first-order chi connectivity index (χ1) is 12.1. The third kappa shape index (κ3) is 2.85. The van der Waals surface area contributed by atoms with Crippen molar-refractivity contribution in [1.29, 1.82) is 0 Å². The number of carbonyl (C=O) groups excluding carboxylic acids is 1. The SMILES string of the molecule is COc1cc2c(cc1OC)[C@@H]1CC(=O)C[C@@H](c3ccc(Br)cc3)N1C2. The molecule has 0 aromatic heterocycles. The molecule has 2 aliphatic rings. The predicted octanol–water partition coefficient (Wildman–Crippen LogP) is 4.43. The van der Waals surface area contributed by atoms with Crippen molar-refractivity contribution in [1.82, 2.24) is 4.90 Å². The van der Waals surface area contributed by atoms with E-state index in [0.717, 1.165) is 22.5 Å². The van der Waals surface area contributed by atoms with Gasteiger partial charge in [0.1, 0.15) is 5.78 Å². The van der Waals surface area contributed by atoms with E-state index in [9.17, 15) is 4.79 Å². The molecule has 1 fully saturated rings. The highest BCUT2D eigenvalue weighted by Crippen LogP contribution is 2.49. The summed E-state index contributed by atoms with van der Waals surface area (Å²) in [6, 6.07) is 12.6. The van der Waals surface area contributed by atoms with Crippen molar-refractivity contribution in [2.45, 2.75) is 31.5 Å². The summed E-state index contributed by atoms with van der Waals surface area (Å²) in [6.07, 6.45) is 1.13. The van der Waals surface area contributed by atoms with E-state index in [1.807, 2.05) is 18.2 Å². The lowest BCUT2D eigenvalue weighted by Gasteiger charge is -2.37. The average Bonchev–Trinajstić information content (AvgIpc) is 2.98. The summed E-state index contributed by atoms with van der Waals surface area (Å²) < 4.78 is 12.0. The van der Waals surface area contributed by atoms with Gasteiger partial charge in [-0.3, -0.25) is 9.69 Å². The number of piperidine rings is 1. The minimum absolute atomic E-state index is 0.115. The van der Waals surface area contributed by atoms with Gasteiger partial charge in [-0.2, -0.15) is 0 Å². The minimum Gasteiger partial charge on any atom is -0.493 e. The van der Waals surface area contributed by atoms with Gasteiger partial charge in [0.05, 0.1) is 14.2 Å². The molecule has 2 aliphatic heterocycles. The number of rotatable bonds is 3. The van der Waals surface area contributed by atoms with E-state index in [1.165, 1.54) is 16.7 Å². The van der Waals surface area contributed by atoms with Crippen LogP contribution < -0.4 is 9.47 Å². The Hall–Kier alpha value is -1.85. The molecule has 0 aliphatic carbocycles. The molecular weight excluding hydrogens is 382 g/mol. The van der Waals surface area contributed by atoms with Gasteiger partial charge in [0.2, 0.25) is 0 Å². The molecule has 0 bridgehead atoms. The van der Waals surface area contributed by atoms with Crippen LogP contribution in [0.15, 0.2) is 40.9 Å². The first kappa shape index (κ1) is 16.6. The number of nitrogens with zero attached hydrogens (tertiary/aromatic N) is 1. The number of methoxy groups -OCH3 is 2. The van der Waals surface area contributed by atoms with Gasteiger partial charge in [0.15, 0.2) is 11.5 Å². The quantitative estimate of drug-likeness (QED) is 0.762. The molecule has 2 atom stereocenters. The largest absolute Gasteiger partial charge is 0.493 e. The molecule has 130 valence electrons. The van der Waals surface area contributed by atoms with Crippen LogP contribution in [-0.4, -0.2) is 24.9 Å². The van der Waals surface area contributed by atoms with Crippen LogP contribution in [0, 0.1) is 0 Å². The number of halogens is 1. The Bertz CT molecular complexity index is 818. The van der Waals surface area contributed by atoms with Crippen molar-refractivity contribution in [3.8, 4) is 11.5 Å². The van der Waals surface area contributed by atoms with E-state index in [4.69, 9.17) is 9.47 Å². The minimum atomic E-state index is 0.115. The molecule has 2 aromatic rings. The van der Waals surface area contributed by atoms with Crippen molar-refractivity contribution < 1.29 is 14.3 Å². The van der Waals surface area contributed by atoms with Crippen molar-refractivity contribution in [2.75, 3.05) is 14.2 Å². The number of carbonyl (C=O) groups is 1. The van der Waals surface area contributed by atoms with E-state index >= 15 is 0 Å². The Labute approximate surface area is 155 Å². The zero-order valence-corrected chi connectivity index (χ0v) is 15.9. The Morgan fingerprint density at radius 3 is 2.32 bits per heavy atom. The molecule has 0 amide bonds. The normalized spacial score (nSPS) is 22.4. The lowest BCUT2D eigenvalue weighted by Crippen LogP contribution is -2.35.